The summed E-state index contributed by atoms with van der Waals surface area (Å²) in [5, 5.41) is 8.86. The molecule has 3 N–H and O–H groups in total. The summed E-state index contributed by atoms with van der Waals surface area (Å²) in [7, 11) is 0. The summed E-state index contributed by atoms with van der Waals surface area (Å²) < 4.78 is 0. The quantitative estimate of drug-likeness (QED) is 0.573. The Morgan fingerprint density at radius 3 is 2.00 bits per heavy atom. The van der Waals surface area contributed by atoms with Gasteiger partial charge in [0.05, 0.1) is 6.54 Å². The molecule has 0 aliphatic heterocycles. The topological polar surface area (TPSA) is 63.3 Å². The SMILES string of the molecule is CC(C)(O)C(=O)CN.Cl. The van der Waals surface area contributed by atoms with E-state index in [1.807, 2.05) is 0 Å². The third kappa shape index (κ3) is 4.39. The molecule has 4 heteroatoms. The molecule has 0 unspecified atom stereocenters. The molecule has 0 aromatic rings. The van der Waals surface area contributed by atoms with Gasteiger partial charge in [0.2, 0.25) is 0 Å². The van der Waals surface area contributed by atoms with E-state index in [1.54, 1.807) is 0 Å². The van der Waals surface area contributed by atoms with E-state index in [2.05, 4.69) is 0 Å². The molecule has 0 saturated heterocycles. The Hall–Kier alpha value is -0.120. The number of aliphatic hydroxyl groups is 1. The van der Waals surface area contributed by atoms with Crippen LogP contribution in [0.25, 0.3) is 0 Å². The monoisotopic (exact) mass is 153 g/mol. The smallest absolute Gasteiger partial charge is 0.177 e. The van der Waals surface area contributed by atoms with Crippen LogP contribution in [0.2, 0.25) is 0 Å². The zero-order valence-electron chi connectivity index (χ0n) is 5.55. The lowest BCUT2D eigenvalue weighted by atomic mass is 10.1. The van der Waals surface area contributed by atoms with Crippen LogP contribution in [0.4, 0.5) is 0 Å². The minimum absolute atomic E-state index is 0. The Morgan fingerprint density at radius 2 is 2.00 bits per heavy atom. The molecule has 0 aliphatic carbocycles. The fraction of sp³-hybridized carbons (Fsp3) is 0.800. The van der Waals surface area contributed by atoms with Crippen molar-refractivity contribution < 1.29 is 9.90 Å². The summed E-state index contributed by atoms with van der Waals surface area (Å²) in [6.45, 7) is 2.74. The van der Waals surface area contributed by atoms with Gasteiger partial charge in [-0.05, 0) is 13.8 Å². The van der Waals surface area contributed by atoms with Crippen molar-refractivity contribution in [3.63, 3.8) is 0 Å². The number of rotatable bonds is 2. The summed E-state index contributed by atoms with van der Waals surface area (Å²) in [4.78, 5) is 10.5. The largest absolute Gasteiger partial charge is 0.383 e. The molecule has 56 valence electrons. The minimum atomic E-state index is -1.26. The number of Topliss-reactive ketones (excluding diaryl/α,β-unsaturated/α-hetero) is 1. The third-order valence-corrected chi connectivity index (χ3v) is 0.868. The fourth-order valence-corrected chi connectivity index (χ4v) is 0.250. The molecule has 3 nitrogen and oxygen atoms in total. The first kappa shape index (κ1) is 11.6. The lowest BCUT2D eigenvalue weighted by molar-refractivity contribution is -0.132. The zero-order chi connectivity index (χ0) is 6.78. The van der Waals surface area contributed by atoms with Gasteiger partial charge in [0.25, 0.3) is 0 Å². The van der Waals surface area contributed by atoms with Crippen molar-refractivity contribution in [3.8, 4) is 0 Å². The summed E-state index contributed by atoms with van der Waals surface area (Å²) in [6.07, 6.45) is 0. The van der Waals surface area contributed by atoms with E-state index in [0.29, 0.717) is 0 Å². The van der Waals surface area contributed by atoms with E-state index in [4.69, 9.17) is 10.8 Å². The van der Waals surface area contributed by atoms with Crippen molar-refractivity contribution in [2.24, 2.45) is 5.73 Å². The van der Waals surface area contributed by atoms with Crippen LogP contribution in [-0.4, -0.2) is 23.0 Å². The highest BCUT2D eigenvalue weighted by atomic mass is 35.5. The van der Waals surface area contributed by atoms with E-state index in [-0.39, 0.29) is 24.7 Å². The van der Waals surface area contributed by atoms with Crippen LogP contribution in [-0.2, 0) is 4.79 Å². The Kier molecular flexibility index (Phi) is 4.95. The Morgan fingerprint density at radius 1 is 1.67 bits per heavy atom. The van der Waals surface area contributed by atoms with Crippen molar-refractivity contribution in [3.05, 3.63) is 0 Å². The van der Waals surface area contributed by atoms with Gasteiger partial charge in [-0.2, -0.15) is 0 Å². The molecule has 0 fully saturated rings. The van der Waals surface area contributed by atoms with Crippen molar-refractivity contribution in [2.45, 2.75) is 19.4 Å². The van der Waals surface area contributed by atoms with Crippen molar-refractivity contribution >= 4 is 18.2 Å². The van der Waals surface area contributed by atoms with Gasteiger partial charge >= 0.3 is 0 Å². The van der Waals surface area contributed by atoms with Crippen molar-refractivity contribution in [1.29, 1.82) is 0 Å². The maximum Gasteiger partial charge on any atom is 0.177 e. The highest BCUT2D eigenvalue weighted by Gasteiger charge is 2.20. The molecule has 0 radical (unpaired) electrons. The van der Waals surface area contributed by atoms with Crippen molar-refractivity contribution in [2.75, 3.05) is 6.54 Å². The first-order valence-electron chi connectivity index (χ1n) is 2.44. The van der Waals surface area contributed by atoms with Gasteiger partial charge in [-0.15, -0.1) is 12.4 Å². The van der Waals surface area contributed by atoms with Crippen LogP contribution >= 0.6 is 12.4 Å². The van der Waals surface area contributed by atoms with Gasteiger partial charge in [-0.1, -0.05) is 0 Å². The summed E-state index contributed by atoms with van der Waals surface area (Å²) in [5.41, 5.74) is 3.69. The van der Waals surface area contributed by atoms with Gasteiger partial charge in [0, 0.05) is 0 Å². The number of nitrogens with two attached hydrogens (primary N) is 1. The molecule has 9 heavy (non-hydrogen) atoms. The van der Waals surface area contributed by atoms with Gasteiger partial charge in [0.15, 0.2) is 5.78 Å². The highest BCUT2D eigenvalue weighted by molar-refractivity contribution is 5.87. The minimum Gasteiger partial charge on any atom is -0.383 e. The zero-order valence-corrected chi connectivity index (χ0v) is 6.36. The number of carbonyl (C=O) groups excluding carboxylic acids is 1. The molecular weight excluding hydrogens is 142 g/mol. The van der Waals surface area contributed by atoms with Gasteiger partial charge in [-0.3, -0.25) is 4.79 Å². The molecule has 0 amide bonds. The first-order chi connectivity index (χ1) is 3.48. The molecule has 0 atom stereocenters. The van der Waals surface area contributed by atoms with Crippen LogP contribution in [0.1, 0.15) is 13.8 Å². The Bertz CT molecular complexity index is 97.6. The maximum absolute atomic E-state index is 10.5. The van der Waals surface area contributed by atoms with Crippen molar-refractivity contribution in [1.82, 2.24) is 0 Å². The van der Waals surface area contributed by atoms with Crippen LogP contribution < -0.4 is 5.73 Å². The highest BCUT2D eigenvalue weighted by Crippen LogP contribution is 1.99. The molecule has 0 heterocycles. The lowest BCUT2D eigenvalue weighted by Gasteiger charge is -2.12. The Labute approximate surface area is 60.6 Å². The molecule has 0 bridgehead atoms. The number of ketones is 1. The molecule has 0 spiro atoms. The standard InChI is InChI=1S/C5H11NO2.ClH/c1-5(2,8)4(7)3-6;/h8H,3,6H2,1-2H3;1H. The average Bonchev–Trinajstić information content (AvgIpc) is 1.62. The summed E-state index contributed by atoms with van der Waals surface area (Å²) in [5.74, 6) is -0.336. The summed E-state index contributed by atoms with van der Waals surface area (Å²) >= 11 is 0. The molecule has 0 aromatic heterocycles. The summed E-state index contributed by atoms with van der Waals surface area (Å²) in [6, 6.07) is 0. The molecular formula is C5H12ClNO2. The van der Waals surface area contributed by atoms with Gasteiger partial charge < -0.3 is 10.8 Å². The predicted octanol–water partition coefficient (Wildman–Crippen LogP) is -0.293. The van der Waals surface area contributed by atoms with E-state index in [1.165, 1.54) is 13.8 Å². The van der Waals surface area contributed by atoms with E-state index >= 15 is 0 Å². The van der Waals surface area contributed by atoms with Gasteiger partial charge in [-0.25, -0.2) is 0 Å². The van der Waals surface area contributed by atoms with E-state index < -0.39 is 5.60 Å². The predicted molar refractivity (Wildman–Crippen MR) is 37.6 cm³/mol. The fourth-order valence-electron chi connectivity index (χ4n) is 0.250. The van der Waals surface area contributed by atoms with Crippen LogP contribution in [0.5, 0.6) is 0 Å². The first-order valence-corrected chi connectivity index (χ1v) is 2.44. The average molecular weight is 154 g/mol. The third-order valence-electron chi connectivity index (χ3n) is 0.868. The molecule has 0 rings (SSSR count). The second kappa shape index (κ2) is 3.82. The van der Waals surface area contributed by atoms with Crippen LogP contribution in [0.3, 0.4) is 0 Å². The second-order valence-corrected chi connectivity index (χ2v) is 2.19. The second-order valence-electron chi connectivity index (χ2n) is 2.19. The molecule has 0 saturated carbocycles. The van der Waals surface area contributed by atoms with Crippen LogP contribution in [0, 0.1) is 0 Å². The number of carbonyl (C=O) groups is 1. The maximum atomic E-state index is 10.5. The number of hydrogen-bond acceptors (Lipinski definition) is 3. The van der Waals surface area contributed by atoms with E-state index in [9.17, 15) is 4.79 Å². The molecule has 0 aliphatic rings. The number of halogens is 1. The normalized spacial score (nSPS) is 10.2. The Balaban J connectivity index is 0. The van der Waals surface area contributed by atoms with Crippen LogP contribution in [0.15, 0.2) is 0 Å². The molecule has 0 aromatic carbocycles. The van der Waals surface area contributed by atoms with E-state index in [0.717, 1.165) is 0 Å². The number of hydrogen-bond donors (Lipinski definition) is 2. The lowest BCUT2D eigenvalue weighted by Crippen LogP contribution is -2.36. The van der Waals surface area contributed by atoms with Gasteiger partial charge in [0.1, 0.15) is 5.60 Å².